The van der Waals surface area contributed by atoms with E-state index in [2.05, 4.69) is 36.4 Å². The average molecular weight is 284 g/mol. The van der Waals surface area contributed by atoms with Crippen LogP contribution in [0.3, 0.4) is 0 Å². The standard InChI is InChI=1S/C19H24O2/c1-19(2,3)18(20)14-21-17-11-9-16(10-12-17)13-15-7-5-4-6-8-15/h4-12,18,20H,13-14H2,1-3H3. The summed E-state index contributed by atoms with van der Waals surface area (Å²) in [5.74, 6) is 0.801. The van der Waals surface area contributed by atoms with Crippen LogP contribution in [0, 0.1) is 5.41 Å². The van der Waals surface area contributed by atoms with Gasteiger partial charge in [-0.1, -0.05) is 63.2 Å². The summed E-state index contributed by atoms with van der Waals surface area (Å²) in [4.78, 5) is 0. The molecule has 0 aliphatic rings. The molecule has 2 heteroatoms. The first-order chi connectivity index (χ1) is 9.95. The minimum absolute atomic E-state index is 0.159. The number of rotatable bonds is 5. The van der Waals surface area contributed by atoms with Crippen LogP contribution in [0.15, 0.2) is 54.6 Å². The van der Waals surface area contributed by atoms with Gasteiger partial charge in [0, 0.05) is 0 Å². The third-order valence-corrected chi connectivity index (χ3v) is 3.58. The number of hydrogen-bond acceptors (Lipinski definition) is 2. The van der Waals surface area contributed by atoms with Gasteiger partial charge in [-0.25, -0.2) is 0 Å². The fourth-order valence-corrected chi connectivity index (χ4v) is 1.96. The van der Waals surface area contributed by atoms with Crippen molar-refractivity contribution in [3.05, 3.63) is 65.7 Å². The summed E-state index contributed by atoms with van der Waals surface area (Å²) >= 11 is 0. The van der Waals surface area contributed by atoms with Gasteiger partial charge in [0.25, 0.3) is 0 Å². The molecule has 2 rings (SSSR count). The lowest BCUT2D eigenvalue weighted by molar-refractivity contribution is 0.0218. The van der Waals surface area contributed by atoms with Crippen LogP contribution in [0.25, 0.3) is 0 Å². The maximum Gasteiger partial charge on any atom is 0.119 e. The van der Waals surface area contributed by atoms with Gasteiger partial charge in [-0.3, -0.25) is 0 Å². The van der Waals surface area contributed by atoms with Gasteiger partial charge >= 0.3 is 0 Å². The average Bonchev–Trinajstić information content (AvgIpc) is 2.46. The number of benzene rings is 2. The largest absolute Gasteiger partial charge is 0.491 e. The molecular weight excluding hydrogens is 260 g/mol. The predicted octanol–water partition coefficient (Wildman–Crippen LogP) is 4.06. The Bertz CT molecular complexity index is 538. The van der Waals surface area contributed by atoms with Crippen LogP contribution < -0.4 is 4.74 Å². The molecule has 0 amide bonds. The van der Waals surface area contributed by atoms with E-state index in [0.29, 0.717) is 6.61 Å². The molecular formula is C19H24O2. The van der Waals surface area contributed by atoms with E-state index >= 15 is 0 Å². The lowest BCUT2D eigenvalue weighted by atomic mass is 9.90. The molecule has 0 radical (unpaired) electrons. The quantitative estimate of drug-likeness (QED) is 0.897. The van der Waals surface area contributed by atoms with Gasteiger partial charge in [-0.2, -0.15) is 0 Å². The topological polar surface area (TPSA) is 29.5 Å². The Kier molecular flexibility index (Phi) is 5.03. The smallest absolute Gasteiger partial charge is 0.119 e. The van der Waals surface area contributed by atoms with Crippen molar-refractivity contribution in [3.8, 4) is 5.75 Å². The zero-order valence-corrected chi connectivity index (χ0v) is 13.0. The van der Waals surface area contributed by atoms with Crippen molar-refractivity contribution in [2.24, 2.45) is 5.41 Å². The third-order valence-electron chi connectivity index (χ3n) is 3.58. The predicted molar refractivity (Wildman–Crippen MR) is 86.6 cm³/mol. The Morgan fingerprint density at radius 3 is 2.05 bits per heavy atom. The minimum Gasteiger partial charge on any atom is -0.491 e. The van der Waals surface area contributed by atoms with E-state index in [1.807, 2.05) is 39.0 Å². The first-order valence-corrected chi connectivity index (χ1v) is 7.39. The molecule has 0 aliphatic heterocycles. The van der Waals surface area contributed by atoms with Crippen molar-refractivity contribution in [2.75, 3.05) is 6.61 Å². The van der Waals surface area contributed by atoms with Gasteiger partial charge in [0.15, 0.2) is 0 Å². The molecule has 2 aromatic carbocycles. The Balaban J connectivity index is 1.90. The van der Waals surface area contributed by atoms with Crippen LogP contribution in [0.1, 0.15) is 31.9 Å². The summed E-state index contributed by atoms with van der Waals surface area (Å²) in [5.41, 5.74) is 2.40. The highest BCUT2D eigenvalue weighted by molar-refractivity contribution is 5.31. The zero-order valence-electron chi connectivity index (χ0n) is 13.0. The van der Waals surface area contributed by atoms with Crippen molar-refractivity contribution >= 4 is 0 Å². The summed E-state index contributed by atoms with van der Waals surface area (Å²) in [6.45, 7) is 6.33. The van der Waals surface area contributed by atoms with Crippen LogP contribution in [-0.4, -0.2) is 17.8 Å². The Morgan fingerprint density at radius 1 is 0.905 bits per heavy atom. The Labute approximate surface area is 127 Å². The van der Waals surface area contributed by atoms with E-state index in [1.165, 1.54) is 11.1 Å². The number of aliphatic hydroxyl groups excluding tert-OH is 1. The molecule has 0 aromatic heterocycles. The summed E-state index contributed by atoms with van der Waals surface area (Å²) in [7, 11) is 0. The van der Waals surface area contributed by atoms with Crippen molar-refractivity contribution in [1.82, 2.24) is 0 Å². The molecule has 0 spiro atoms. The Hall–Kier alpha value is -1.80. The highest BCUT2D eigenvalue weighted by Gasteiger charge is 2.22. The Morgan fingerprint density at radius 2 is 1.48 bits per heavy atom. The SMILES string of the molecule is CC(C)(C)C(O)COc1ccc(Cc2ccccc2)cc1. The zero-order chi connectivity index (χ0) is 15.3. The van der Waals surface area contributed by atoms with E-state index in [4.69, 9.17) is 4.74 Å². The molecule has 112 valence electrons. The van der Waals surface area contributed by atoms with E-state index < -0.39 is 6.10 Å². The highest BCUT2D eigenvalue weighted by Crippen LogP contribution is 2.21. The molecule has 0 saturated carbocycles. The van der Waals surface area contributed by atoms with Crippen molar-refractivity contribution in [3.63, 3.8) is 0 Å². The van der Waals surface area contributed by atoms with E-state index in [1.54, 1.807) is 0 Å². The number of ether oxygens (including phenoxy) is 1. The molecule has 0 heterocycles. The van der Waals surface area contributed by atoms with Crippen molar-refractivity contribution in [2.45, 2.75) is 33.3 Å². The maximum atomic E-state index is 9.97. The second kappa shape index (κ2) is 6.77. The first-order valence-electron chi connectivity index (χ1n) is 7.39. The fourth-order valence-electron chi connectivity index (χ4n) is 1.96. The van der Waals surface area contributed by atoms with Crippen LogP contribution in [-0.2, 0) is 6.42 Å². The highest BCUT2D eigenvalue weighted by atomic mass is 16.5. The normalized spacial score (nSPS) is 13.0. The molecule has 21 heavy (non-hydrogen) atoms. The number of hydrogen-bond donors (Lipinski definition) is 1. The van der Waals surface area contributed by atoms with E-state index in [9.17, 15) is 5.11 Å². The second-order valence-electron chi connectivity index (χ2n) is 6.50. The van der Waals surface area contributed by atoms with Crippen LogP contribution in [0.5, 0.6) is 5.75 Å². The van der Waals surface area contributed by atoms with Gasteiger partial charge in [-0.05, 0) is 35.1 Å². The molecule has 0 saturated heterocycles. The van der Waals surface area contributed by atoms with Gasteiger partial charge in [0.05, 0.1) is 6.10 Å². The van der Waals surface area contributed by atoms with Gasteiger partial charge in [0.1, 0.15) is 12.4 Å². The summed E-state index contributed by atoms with van der Waals surface area (Å²) < 4.78 is 5.65. The van der Waals surface area contributed by atoms with Gasteiger partial charge < -0.3 is 9.84 Å². The summed E-state index contributed by atoms with van der Waals surface area (Å²) in [6.07, 6.45) is 0.452. The molecule has 2 aromatic rings. The lowest BCUT2D eigenvalue weighted by Crippen LogP contribution is -2.31. The van der Waals surface area contributed by atoms with Crippen molar-refractivity contribution in [1.29, 1.82) is 0 Å². The maximum absolute atomic E-state index is 9.97. The molecule has 0 fully saturated rings. The second-order valence-corrected chi connectivity index (χ2v) is 6.50. The summed E-state index contributed by atoms with van der Waals surface area (Å²) in [5, 5.41) is 9.97. The third kappa shape index (κ3) is 4.91. The van der Waals surface area contributed by atoms with E-state index in [-0.39, 0.29) is 5.41 Å². The monoisotopic (exact) mass is 284 g/mol. The summed E-state index contributed by atoms with van der Waals surface area (Å²) in [6, 6.07) is 18.5. The molecule has 1 unspecified atom stereocenters. The molecule has 1 atom stereocenters. The van der Waals surface area contributed by atoms with E-state index in [0.717, 1.165) is 12.2 Å². The molecule has 2 nitrogen and oxygen atoms in total. The first kappa shape index (κ1) is 15.6. The van der Waals surface area contributed by atoms with Gasteiger partial charge in [0.2, 0.25) is 0 Å². The van der Waals surface area contributed by atoms with Crippen LogP contribution in [0.4, 0.5) is 0 Å². The number of aliphatic hydroxyl groups is 1. The van der Waals surface area contributed by atoms with Crippen LogP contribution >= 0.6 is 0 Å². The lowest BCUT2D eigenvalue weighted by Gasteiger charge is -2.25. The molecule has 1 N–H and O–H groups in total. The molecule has 0 bridgehead atoms. The molecule has 0 aliphatic carbocycles. The van der Waals surface area contributed by atoms with Gasteiger partial charge in [-0.15, -0.1) is 0 Å². The van der Waals surface area contributed by atoms with Crippen molar-refractivity contribution < 1.29 is 9.84 Å². The van der Waals surface area contributed by atoms with Crippen LogP contribution in [0.2, 0.25) is 0 Å². The fraction of sp³-hybridized carbons (Fsp3) is 0.368. The minimum atomic E-state index is -0.471.